The maximum Gasteiger partial charge on any atom is 0.411 e. The standard InChI is InChI=1S/C26H32F6O.C26H38O.C7H16.C6H15N.C6H14.C5H13N.CH4/c1-16(2)6-9-19-14-21(11-8-18(19)5)24(25(27,28)29,26(30,31)32)22-12-13-23(33)20(15-22)10-7-17(3)4;1-18(2)8-11-21-16-23(13-10-20(21)5)26(6,7)24-14-15-25(27)22(17-24)12-9-19(3)4;1-3-5-7-6-4-2;1-2-3-4-5-6-7;1-3-5-6-4-2;1-2-3-4-5-6;/h8,11-17,33H,6-7,9-10H2,1-5H3;10,13-19,27H,8-9,11-12H2,1-7H3;3-7H2,1-2H3;2-7H2,1H3;3-6H2,1-2H3;2-6H2,1H3;1H4. The first-order valence-electron chi connectivity index (χ1n) is 33.8. The van der Waals surface area contributed by atoms with E-state index in [-0.39, 0.29) is 42.4 Å². The summed E-state index contributed by atoms with van der Waals surface area (Å²) in [5.74, 6) is 1.91. The summed E-state index contributed by atoms with van der Waals surface area (Å²) < 4.78 is 87.3. The first-order chi connectivity index (χ1) is 40.4. The largest absolute Gasteiger partial charge is 0.508 e. The average molecular weight is 1230 g/mol. The predicted octanol–water partition coefficient (Wildman–Crippen LogP) is 24.4. The summed E-state index contributed by atoms with van der Waals surface area (Å²) >= 11 is 0. The quantitative estimate of drug-likeness (QED) is 0.0309. The van der Waals surface area contributed by atoms with Crippen molar-refractivity contribution in [3.05, 3.63) is 128 Å². The van der Waals surface area contributed by atoms with E-state index in [0.717, 1.165) is 74.2 Å². The van der Waals surface area contributed by atoms with Crippen molar-refractivity contribution in [1.82, 2.24) is 0 Å². The van der Waals surface area contributed by atoms with Crippen LogP contribution in [0.25, 0.3) is 0 Å². The summed E-state index contributed by atoms with van der Waals surface area (Å²) in [5.41, 5.74) is 12.2. The molecule has 0 unspecified atom stereocenters. The summed E-state index contributed by atoms with van der Waals surface area (Å²) in [4.78, 5) is 0. The number of unbranched alkanes of at least 4 members (excludes halogenated alkanes) is 12. The summed E-state index contributed by atoms with van der Waals surface area (Å²) in [7, 11) is 0. The third-order valence-corrected chi connectivity index (χ3v) is 16.0. The fourth-order valence-electron chi connectivity index (χ4n) is 9.76. The van der Waals surface area contributed by atoms with Gasteiger partial charge in [0, 0.05) is 5.41 Å². The van der Waals surface area contributed by atoms with E-state index < -0.39 is 28.9 Å². The molecule has 4 rings (SSSR count). The monoisotopic (exact) mass is 1230 g/mol. The molecule has 0 saturated carbocycles. The van der Waals surface area contributed by atoms with E-state index in [0.29, 0.717) is 42.1 Å². The summed E-state index contributed by atoms with van der Waals surface area (Å²) in [6.45, 7) is 40.3. The minimum absolute atomic E-state index is 0. The van der Waals surface area contributed by atoms with E-state index in [1.54, 1.807) is 6.92 Å². The third-order valence-electron chi connectivity index (χ3n) is 16.0. The Bertz CT molecular complexity index is 2140. The van der Waals surface area contributed by atoms with Gasteiger partial charge in [0.25, 0.3) is 0 Å². The second-order valence-electron chi connectivity index (χ2n) is 26.2. The normalized spacial score (nSPS) is 11.6. The third kappa shape index (κ3) is 34.1. The van der Waals surface area contributed by atoms with Gasteiger partial charge in [-0.1, -0.05) is 269 Å². The molecule has 0 aliphatic carbocycles. The number of nitrogens with two attached hydrogens (primary N) is 2. The van der Waals surface area contributed by atoms with E-state index in [2.05, 4.69) is 120 Å². The number of halogens is 6. The highest BCUT2D eigenvalue weighted by Crippen LogP contribution is 2.57. The second kappa shape index (κ2) is 47.9. The molecule has 0 aliphatic heterocycles. The smallest absolute Gasteiger partial charge is 0.411 e. The molecule has 0 amide bonds. The van der Waals surface area contributed by atoms with Gasteiger partial charge >= 0.3 is 12.4 Å². The first-order valence-corrected chi connectivity index (χ1v) is 33.8. The van der Waals surface area contributed by atoms with Crippen molar-refractivity contribution < 1.29 is 36.6 Å². The molecular weight excluding hydrogens is 1100 g/mol. The van der Waals surface area contributed by atoms with Gasteiger partial charge in [-0.15, -0.1) is 0 Å². The molecule has 0 atom stereocenters. The molecular formula is C77H132F6N2O2. The number of benzene rings is 4. The zero-order valence-electron chi connectivity index (χ0n) is 57.9. The van der Waals surface area contributed by atoms with Gasteiger partial charge in [-0.3, -0.25) is 0 Å². The lowest BCUT2D eigenvalue weighted by Crippen LogP contribution is -2.54. The highest BCUT2D eigenvalue weighted by Gasteiger charge is 2.72. The molecule has 4 aromatic rings. The zero-order valence-corrected chi connectivity index (χ0v) is 57.9. The Morgan fingerprint density at radius 1 is 0.368 bits per heavy atom. The maximum atomic E-state index is 14.6. The van der Waals surface area contributed by atoms with Crippen molar-refractivity contribution >= 4 is 0 Å². The van der Waals surface area contributed by atoms with Gasteiger partial charge in [0.1, 0.15) is 11.5 Å². The van der Waals surface area contributed by atoms with Crippen LogP contribution in [0.1, 0.15) is 302 Å². The summed E-state index contributed by atoms with van der Waals surface area (Å²) in [6, 6.07) is 19.0. The fraction of sp³-hybridized carbons (Fsp3) is 0.688. The molecule has 10 heteroatoms. The molecule has 0 radical (unpaired) electrons. The SMILES string of the molecule is C.CCCCCC.CCCCCCC.CCCCCCN.CCCCCN.Cc1ccc(C(C)(C)c2ccc(O)c(CCC(C)C)c2)cc1CCC(C)C.Cc1ccc(C(c2ccc(O)c(CCC(C)C)c2)(C(F)(F)F)C(F)(F)F)cc1CCC(C)C. The molecule has 4 nitrogen and oxygen atoms in total. The van der Waals surface area contributed by atoms with Gasteiger partial charge in [-0.25, -0.2) is 0 Å². The van der Waals surface area contributed by atoms with Crippen LogP contribution in [-0.2, 0) is 36.5 Å². The molecule has 0 heterocycles. The molecule has 0 fully saturated rings. The molecule has 0 aliphatic rings. The van der Waals surface area contributed by atoms with Gasteiger partial charge in [0.05, 0.1) is 0 Å². The minimum atomic E-state index is -5.65. The number of hydrogen-bond acceptors (Lipinski definition) is 4. The lowest BCUT2D eigenvalue weighted by molar-refractivity contribution is -0.288. The Kier molecular flexibility index (Phi) is 48.0. The number of aromatic hydroxyl groups is 2. The van der Waals surface area contributed by atoms with Crippen LogP contribution in [0.5, 0.6) is 11.5 Å². The molecule has 0 bridgehead atoms. The van der Waals surface area contributed by atoms with Crippen molar-refractivity contribution in [2.45, 2.75) is 309 Å². The Labute approximate surface area is 531 Å². The van der Waals surface area contributed by atoms with Crippen LogP contribution in [0, 0.1) is 37.5 Å². The van der Waals surface area contributed by atoms with E-state index in [4.69, 9.17) is 11.5 Å². The number of rotatable bonds is 30. The van der Waals surface area contributed by atoms with Crippen LogP contribution in [0.2, 0.25) is 0 Å². The van der Waals surface area contributed by atoms with E-state index in [1.807, 2.05) is 33.8 Å². The van der Waals surface area contributed by atoms with Gasteiger partial charge in [-0.05, 0) is 183 Å². The van der Waals surface area contributed by atoms with E-state index >= 15 is 0 Å². The highest BCUT2D eigenvalue weighted by molar-refractivity contribution is 5.51. The van der Waals surface area contributed by atoms with Crippen LogP contribution in [-0.4, -0.2) is 35.7 Å². The summed E-state index contributed by atoms with van der Waals surface area (Å²) in [5, 5.41) is 20.4. The predicted molar refractivity (Wildman–Crippen MR) is 369 cm³/mol. The number of phenols is 2. The van der Waals surface area contributed by atoms with Gasteiger partial charge in [0.15, 0.2) is 0 Å². The number of aryl methyl sites for hydroxylation is 6. The van der Waals surface area contributed by atoms with Crippen molar-refractivity contribution in [3.63, 3.8) is 0 Å². The highest BCUT2D eigenvalue weighted by atomic mass is 19.4. The first kappa shape index (κ1) is 87.2. The molecule has 87 heavy (non-hydrogen) atoms. The molecule has 0 aromatic heterocycles. The van der Waals surface area contributed by atoms with Crippen LogP contribution in [0.4, 0.5) is 26.3 Å². The number of hydrogen-bond donors (Lipinski definition) is 4. The molecule has 504 valence electrons. The van der Waals surface area contributed by atoms with Gasteiger partial charge in [0.2, 0.25) is 5.41 Å². The molecule has 4 aromatic carbocycles. The lowest BCUT2D eigenvalue weighted by atomic mass is 9.71. The minimum Gasteiger partial charge on any atom is -0.508 e. The Balaban J connectivity index is -0.00000115. The molecule has 0 saturated heterocycles. The lowest BCUT2D eigenvalue weighted by Gasteiger charge is -2.39. The van der Waals surface area contributed by atoms with Crippen LogP contribution >= 0.6 is 0 Å². The Morgan fingerprint density at radius 2 is 0.609 bits per heavy atom. The topological polar surface area (TPSA) is 92.5 Å². The van der Waals surface area contributed by atoms with Gasteiger partial charge in [-0.2, -0.15) is 26.3 Å². The van der Waals surface area contributed by atoms with Crippen molar-refractivity contribution in [2.24, 2.45) is 35.1 Å². The molecule has 6 N–H and O–H groups in total. The molecule has 0 spiro atoms. The van der Waals surface area contributed by atoms with Crippen molar-refractivity contribution in [1.29, 1.82) is 0 Å². The van der Waals surface area contributed by atoms with Crippen LogP contribution in [0.15, 0.2) is 72.8 Å². The Hall–Kier alpha value is -4.02. The van der Waals surface area contributed by atoms with Crippen LogP contribution < -0.4 is 11.5 Å². The van der Waals surface area contributed by atoms with Gasteiger partial charge < -0.3 is 21.7 Å². The second-order valence-corrected chi connectivity index (χ2v) is 26.2. The number of alkyl halides is 6. The number of phenolic OH excluding ortho intramolecular Hbond substituents is 2. The van der Waals surface area contributed by atoms with E-state index in [9.17, 15) is 36.6 Å². The van der Waals surface area contributed by atoms with Crippen molar-refractivity contribution in [3.8, 4) is 11.5 Å². The van der Waals surface area contributed by atoms with Crippen molar-refractivity contribution in [2.75, 3.05) is 13.1 Å². The zero-order chi connectivity index (χ0) is 66.1. The summed E-state index contributed by atoms with van der Waals surface area (Å²) in [6.07, 6.45) is 16.3. The van der Waals surface area contributed by atoms with Crippen LogP contribution in [0.3, 0.4) is 0 Å². The fourth-order valence-corrected chi connectivity index (χ4v) is 9.76. The maximum absolute atomic E-state index is 14.6. The average Bonchev–Trinajstić information content (AvgIpc) is 0.798. The Morgan fingerprint density at radius 3 is 0.920 bits per heavy atom. The van der Waals surface area contributed by atoms with E-state index in [1.165, 1.54) is 137 Å².